The molecule has 1 amide bonds. The van der Waals surface area contributed by atoms with Crippen molar-refractivity contribution in [3.8, 4) is 11.3 Å². The molecule has 5 rings (SSSR count). The van der Waals surface area contributed by atoms with E-state index in [2.05, 4.69) is 79.8 Å². The van der Waals surface area contributed by atoms with Gasteiger partial charge in [0.05, 0.1) is 23.3 Å². The molecule has 196 valence electrons. The fraction of sp³-hybridized carbons (Fsp3) is 0.500. The zero-order valence-corrected chi connectivity index (χ0v) is 23.2. The van der Waals surface area contributed by atoms with Gasteiger partial charge in [-0.1, -0.05) is 13.8 Å². The van der Waals surface area contributed by atoms with E-state index in [1.165, 1.54) is 11.1 Å². The summed E-state index contributed by atoms with van der Waals surface area (Å²) in [6.07, 6.45) is 3.67. The lowest BCUT2D eigenvalue weighted by Crippen LogP contribution is -2.60. The first-order valence-electron chi connectivity index (χ1n) is 13.1. The molecular weight excluding hydrogens is 464 g/mol. The number of anilines is 1. The van der Waals surface area contributed by atoms with Crippen LogP contribution in [0.4, 0.5) is 5.82 Å². The Labute approximate surface area is 218 Å². The third-order valence-corrected chi connectivity index (χ3v) is 7.62. The third-order valence-electron chi connectivity index (χ3n) is 7.62. The average molecular weight is 503 g/mol. The topological polar surface area (TPSA) is 85.7 Å². The van der Waals surface area contributed by atoms with Gasteiger partial charge in [-0.3, -0.25) is 4.79 Å². The first kappa shape index (κ1) is 25.2. The molecule has 1 saturated heterocycles. The maximum Gasteiger partial charge on any atom is 0.237 e. The molecule has 4 aromatic rings. The standard InChI is InChI=1S/C28H38N8O/c1-16(2)25-26(21-13-35-28(29-15-30-35)20(6)19(21)5)31-22-9-10-23(32-27(22)25)34-11-17(3)36(18(4)12-34)24(37)14-33(7)8/h9-10,13,15-18,31H,11-12,14H2,1-8H3/t17-,18+. The fourth-order valence-corrected chi connectivity index (χ4v) is 5.83. The lowest BCUT2D eigenvalue weighted by Gasteiger charge is -2.45. The zero-order valence-electron chi connectivity index (χ0n) is 23.2. The van der Waals surface area contributed by atoms with Crippen molar-refractivity contribution in [1.29, 1.82) is 0 Å². The monoisotopic (exact) mass is 502 g/mol. The van der Waals surface area contributed by atoms with Crippen molar-refractivity contribution >= 4 is 28.4 Å². The number of hydrogen-bond acceptors (Lipinski definition) is 6. The van der Waals surface area contributed by atoms with Gasteiger partial charge in [-0.15, -0.1) is 0 Å². The van der Waals surface area contributed by atoms with Crippen molar-refractivity contribution in [1.82, 2.24) is 34.4 Å². The number of H-pyrrole nitrogens is 1. The smallest absolute Gasteiger partial charge is 0.237 e. The number of aromatic amines is 1. The van der Waals surface area contributed by atoms with Crippen LogP contribution in [0.2, 0.25) is 0 Å². The number of hydrogen-bond donors (Lipinski definition) is 1. The van der Waals surface area contributed by atoms with Crippen LogP contribution >= 0.6 is 0 Å². The van der Waals surface area contributed by atoms with Crippen LogP contribution in [-0.4, -0.2) is 86.1 Å². The second-order valence-corrected chi connectivity index (χ2v) is 11.1. The minimum Gasteiger partial charge on any atom is -0.353 e. The van der Waals surface area contributed by atoms with Crippen molar-refractivity contribution in [3.05, 3.63) is 41.3 Å². The molecule has 0 bridgehead atoms. The first-order chi connectivity index (χ1) is 17.6. The molecule has 0 saturated carbocycles. The summed E-state index contributed by atoms with van der Waals surface area (Å²) in [4.78, 5) is 32.4. The summed E-state index contributed by atoms with van der Waals surface area (Å²) in [5.41, 5.74) is 8.65. The second kappa shape index (κ2) is 9.45. The number of rotatable bonds is 5. The van der Waals surface area contributed by atoms with E-state index in [-0.39, 0.29) is 23.9 Å². The van der Waals surface area contributed by atoms with E-state index >= 15 is 0 Å². The third kappa shape index (κ3) is 4.35. The summed E-state index contributed by atoms with van der Waals surface area (Å²) < 4.78 is 1.85. The highest BCUT2D eigenvalue weighted by Crippen LogP contribution is 2.38. The molecule has 1 aliphatic rings. The van der Waals surface area contributed by atoms with Gasteiger partial charge in [-0.25, -0.2) is 14.5 Å². The van der Waals surface area contributed by atoms with Gasteiger partial charge in [0.1, 0.15) is 12.1 Å². The molecule has 37 heavy (non-hydrogen) atoms. The molecule has 1 N–H and O–H groups in total. The highest BCUT2D eigenvalue weighted by molar-refractivity contribution is 5.90. The summed E-state index contributed by atoms with van der Waals surface area (Å²) in [6, 6.07) is 4.46. The summed E-state index contributed by atoms with van der Waals surface area (Å²) in [5, 5.41) is 4.40. The van der Waals surface area contributed by atoms with Crippen LogP contribution in [0.25, 0.3) is 27.9 Å². The van der Waals surface area contributed by atoms with E-state index in [0.717, 1.165) is 52.4 Å². The molecular formula is C28H38N8O. The second-order valence-electron chi connectivity index (χ2n) is 11.1. The number of pyridine rings is 2. The van der Waals surface area contributed by atoms with Crippen LogP contribution in [0, 0.1) is 13.8 Å². The minimum atomic E-state index is 0.111. The molecule has 2 atom stereocenters. The number of nitrogens with zero attached hydrogens (tertiary/aromatic N) is 7. The quantitative estimate of drug-likeness (QED) is 0.444. The van der Waals surface area contributed by atoms with E-state index in [0.29, 0.717) is 6.54 Å². The molecule has 0 radical (unpaired) electrons. The minimum absolute atomic E-state index is 0.111. The van der Waals surface area contributed by atoms with Crippen LogP contribution in [0.15, 0.2) is 24.7 Å². The lowest BCUT2D eigenvalue weighted by atomic mass is 9.95. The van der Waals surface area contributed by atoms with Crippen molar-refractivity contribution in [3.63, 3.8) is 0 Å². The number of aromatic nitrogens is 5. The predicted octanol–water partition coefficient (Wildman–Crippen LogP) is 4.00. The van der Waals surface area contributed by atoms with Crippen LogP contribution in [0.5, 0.6) is 0 Å². The molecule has 0 aromatic carbocycles. The van der Waals surface area contributed by atoms with E-state index < -0.39 is 0 Å². The van der Waals surface area contributed by atoms with Gasteiger partial charge in [0, 0.05) is 42.5 Å². The Kier molecular flexibility index (Phi) is 6.43. The molecule has 1 fully saturated rings. The lowest BCUT2D eigenvalue weighted by molar-refractivity contribution is -0.136. The van der Waals surface area contributed by atoms with Crippen molar-refractivity contribution in [2.24, 2.45) is 0 Å². The predicted molar refractivity (Wildman–Crippen MR) is 148 cm³/mol. The number of likely N-dealkylation sites (N-methyl/N-ethyl adjacent to an activating group) is 1. The molecule has 0 spiro atoms. The van der Waals surface area contributed by atoms with E-state index in [4.69, 9.17) is 4.98 Å². The molecule has 5 heterocycles. The van der Waals surface area contributed by atoms with Crippen LogP contribution in [-0.2, 0) is 4.79 Å². The van der Waals surface area contributed by atoms with Crippen molar-refractivity contribution in [2.75, 3.05) is 38.6 Å². The van der Waals surface area contributed by atoms with Gasteiger partial charge in [0.2, 0.25) is 5.91 Å². The molecule has 9 heteroatoms. The summed E-state index contributed by atoms with van der Waals surface area (Å²) >= 11 is 0. The highest BCUT2D eigenvalue weighted by Gasteiger charge is 2.33. The molecule has 4 aromatic heterocycles. The number of nitrogens with one attached hydrogen (secondary N) is 1. The van der Waals surface area contributed by atoms with Gasteiger partial charge >= 0.3 is 0 Å². The van der Waals surface area contributed by atoms with Gasteiger partial charge in [0.15, 0.2) is 5.65 Å². The van der Waals surface area contributed by atoms with Crippen molar-refractivity contribution < 1.29 is 4.79 Å². The van der Waals surface area contributed by atoms with Gasteiger partial charge < -0.3 is 19.7 Å². The Morgan fingerprint density at radius 2 is 1.84 bits per heavy atom. The summed E-state index contributed by atoms with van der Waals surface area (Å²) in [5.74, 6) is 1.41. The number of aryl methyl sites for hydroxylation is 1. The zero-order chi connectivity index (χ0) is 26.6. The van der Waals surface area contributed by atoms with Gasteiger partial charge in [-0.2, -0.15) is 5.10 Å². The number of carbonyl (C=O) groups is 1. The highest BCUT2D eigenvalue weighted by atomic mass is 16.2. The normalized spacial score (nSPS) is 18.6. The Balaban J connectivity index is 1.53. The van der Waals surface area contributed by atoms with Gasteiger partial charge in [0.25, 0.3) is 0 Å². The summed E-state index contributed by atoms with van der Waals surface area (Å²) in [6.45, 7) is 14.9. The molecule has 0 unspecified atom stereocenters. The maximum atomic E-state index is 12.9. The molecule has 1 aliphatic heterocycles. The fourth-order valence-electron chi connectivity index (χ4n) is 5.83. The Morgan fingerprint density at radius 1 is 1.14 bits per heavy atom. The Bertz CT molecular complexity index is 1450. The number of piperazine rings is 1. The van der Waals surface area contributed by atoms with E-state index in [1.807, 2.05) is 28.4 Å². The largest absolute Gasteiger partial charge is 0.353 e. The Morgan fingerprint density at radius 3 is 2.49 bits per heavy atom. The molecule has 0 aliphatic carbocycles. The number of fused-ring (bicyclic) bond motifs is 2. The van der Waals surface area contributed by atoms with E-state index in [9.17, 15) is 4.79 Å². The molecule has 9 nitrogen and oxygen atoms in total. The van der Waals surface area contributed by atoms with Crippen LogP contribution in [0.3, 0.4) is 0 Å². The van der Waals surface area contributed by atoms with Crippen LogP contribution < -0.4 is 4.90 Å². The number of amides is 1. The van der Waals surface area contributed by atoms with Crippen LogP contribution in [0.1, 0.15) is 50.3 Å². The SMILES string of the molecule is Cc1c(-c2[nH]c3ccc(N4C[C@@H](C)N(C(=O)CN(C)C)[C@@H](C)C4)nc3c2C(C)C)cn2ncnc2c1C. The van der Waals surface area contributed by atoms with Crippen molar-refractivity contribution in [2.45, 2.75) is 59.5 Å². The van der Waals surface area contributed by atoms with E-state index in [1.54, 1.807) is 6.33 Å². The van der Waals surface area contributed by atoms with Gasteiger partial charge in [-0.05, 0) is 71.0 Å². The summed E-state index contributed by atoms with van der Waals surface area (Å²) in [7, 11) is 3.87. The average Bonchev–Trinajstić information content (AvgIpc) is 3.44. The maximum absolute atomic E-state index is 12.9. The Hall–Kier alpha value is -3.46. The first-order valence-corrected chi connectivity index (χ1v) is 13.1. The number of carbonyl (C=O) groups excluding carboxylic acids is 1.